The average Bonchev–Trinajstić information content (AvgIpc) is 3.48. The number of hydrogen-bond acceptors (Lipinski definition) is 5. The van der Waals surface area contributed by atoms with Crippen molar-refractivity contribution in [2.24, 2.45) is 0 Å². The summed E-state index contributed by atoms with van der Waals surface area (Å²) >= 11 is 0. The first-order valence-corrected chi connectivity index (χ1v) is 17.4. The lowest BCUT2D eigenvalue weighted by Crippen LogP contribution is -2.47. The summed E-state index contributed by atoms with van der Waals surface area (Å²) in [6.07, 6.45) is 17.7. The maximum Gasteiger partial charge on any atom is 0.192 e. The van der Waals surface area contributed by atoms with E-state index >= 15 is 0 Å². The first kappa shape index (κ1) is 31.0. The van der Waals surface area contributed by atoms with E-state index in [-0.39, 0.29) is 42.2 Å². The van der Waals surface area contributed by atoms with Crippen LogP contribution in [0.2, 0.25) is 18.1 Å². The maximum atomic E-state index is 9.95. The Morgan fingerprint density at radius 1 is 0.886 bits per heavy atom. The molecule has 5 nitrogen and oxygen atoms in total. The van der Waals surface area contributed by atoms with Gasteiger partial charge in [-0.1, -0.05) is 71.8 Å². The molecule has 206 valence electrons. The molecule has 0 aromatic heterocycles. The fourth-order valence-electron chi connectivity index (χ4n) is 5.17. The summed E-state index contributed by atoms with van der Waals surface area (Å²) in [5, 5.41) is 19.4. The number of aliphatic hydroxyl groups is 2. The Balaban J connectivity index is 1.82. The Morgan fingerprint density at radius 2 is 1.40 bits per heavy atom. The first-order chi connectivity index (χ1) is 16.6. The normalized spacial score (nSPS) is 27.3. The van der Waals surface area contributed by atoms with E-state index in [2.05, 4.69) is 40.4 Å². The van der Waals surface area contributed by atoms with Gasteiger partial charge < -0.3 is 24.1 Å². The van der Waals surface area contributed by atoms with Crippen molar-refractivity contribution in [2.75, 3.05) is 6.61 Å². The van der Waals surface area contributed by atoms with E-state index in [0.29, 0.717) is 0 Å². The summed E-state index contributed by atoms with van der Waals surface area (Å²) in [4.78, 5) is 0. The van der Waals surface area contributed by atoms with Gasteiger partial charge in [-0.25, -0.2) is 0 Å². The molecular formula is C29H56O5Si. The minimum atomic E-state index is -1.90. The van der Waals surface area contributed by atoms with Gasteiger partial charge in [-0.15, -0.1) is 6.58 Å². The fraction of sp³-hybridized carbons (Fsp3) is 0.931. The van der Waals surface area contributed by atoms with Crippen LogP contribution < -0.4 is 0 Å². The monoisotopic (exact) mass is 512 g/mol. The Labute approximate surface area is 217 Å². The molecule has 2 saturated heterocycles. The zero-order valence-corrected chi connectivity index (χ0v) is 24.5. The molecule has 6 heteroatoms. The van der Waals surface area contributed by atoms with Gasteiger partial charge in [0.15, 0.2) is 8.32 Å². The molecule has 0 unspecified atom stereocenters. The van der Waals surface area contributed by atoms with E-state index in [1.165, 1.54) is 51.4 Å². The van der Waals surface area contributed by atoms with Crippen LogP contribution in [0.25, 0.3) is 0 Å². The predicted octanol–water partition coefficient (Wildman–Crippen LogP) is 6.91. The molecule has 0 amide bonds. The van der Waals surface area contributed by atoms with Crippen molar-refractivity contribution in [3.8, 4) is 0 Å². The van der Waals surface area contributed by atoms with Gasteiger partial charge in [-0.2, -0.15) is 0 Å². The molecule has 0 spiro atoms. The van der Waals surface area contributed by atoms with E-state index in [9.17, 15) is 10.2 Å². The van der Waals surface area contributed by atoms with Crippen molar-refractivity contribution in [3.63, 3.8) is 0 Å². The lowest BCUT2D eigenvalue weighted by Gasteiger charge is -2.41. The van der Waals surface area contributed by atoms with Gasteiger partial charge in [0.2, 0.25) is 0 Å². The summed E-state index contributed by atoms with van der Waals surface area (Å²) < 4.78 is 19.6. The second-order valence-corrected chi connectivity index (χ2v) is 17.2. The highest BCUT2D eigenvalue weighted by Crippen LogP contribution is 2.41. The molecule has 2 N–H and O–H groups in total. The number of rotatable bonds is 17. The van der Waals surface area contributed by atoms with Crippen LogP contribution in [0.5, 0.6) is 0 Å². The summed E-state index contributed by atoms with van der Waals surface area (Å²) in [6, 6.07) is 0. The summed E-state index contributed by atoms with van der Waals surface area (Å²) in [6.45, 7) is 15.2. The van der Waals surface area contributed by atoms with Crippen LogP contribution in [0, 0.1) is 0 Å². The number of aliphatic hydroxyl groups excluding tert-OH is 2. The zero-order chi connectivity index (χ0) is 25.9. The Hall–Kier alpha value is -0.243. The van der Waals surface area contributed by atoms with Gasteiger partial charge in [0.05, 0.1) is 37.1 Å². The number of allylic oxidation sites excluding steroid dienone is 1. The fourth-order valence-corrected chi connectivity index (χ4v) is 6.55. The molecule has 0 radical (unpaired) electrons. The third-order valence-corrected chi connectivity index (χ3v) is 13.0. The van der Waals surface area contributed by atoms with Gasteiger partial charge in [-0.3, -0.25) is 0 Å². The van der Waals surface area contributed by atoms with Crippen molar-refractivity contribution in [1.29, 1.82) is 0 Å². The number of ether oxygens (including phenoxy) is 2. The van der Waals surface area contributed by atoms with Crippen LogP contribution in [0.1, 0.15) is 111 Å². The quantitative estimate of drug-likeness (QED) is 0.126. The van der Waals surface area contributed by atoms with Gasteiger partial charge in [0.25, 0.3) is 0 Å². The van der Waals surface area contributed by atoms with E-state index in [1.807, 2.05) is 6.08 Å². The topological polar surface area (TPSA) is 68.2 Å². The number of hydrogen-bond donors (Lipinski definition) is 2. The van der Waals surface area contributed by atoms with Crippen LogP contribution in [0.4, 0.5) is 0 Å². The molecule has 0 aliphatic carbocycles. The Morgan fingerprint density at radius 3 is 1.94 bits per heavy atom. The third-order valence-electron chi connectivity index (χ3n) is 8.52. The Kier molecular flexibility index (Phi) is 13.5. The molecule has 2 fully saturated rings. The van der Waals surface area contributed by atoms with E-state index in [1.54, 1.807) is 0 Å². The zero-order valence-electron chi connectivity index (χ0n) is 23.5. The lowest BCUT2D eigenvalue weighted by molar-refractivity contribution is -0.113. The lowest BCUT2D eigenvalue weighted by atomic mass is 10.0. The third kappa shape index (κ3) is 10.2. The molecular weight excluding hydrogens is 456 g/mol. The smallest absolute Gasteiger partial charge is 0.192 e. The number of unbranched alkanes of at least 4 members (excludes halogenated alkanes) is 8. The molecule has 0 bridgehead atoms. The van der Waals surface area contributed by atoms with Gasteiger partial charge >= 0.3 is 0 Å². The predicted molar refractivity (Wildman–Crippen MR) is 147 cm³/mol. The van der Waals surface area contributed by atoms with Crippen LogP contribution >= 0.6 is 0 Å². The Bertz CT molecular complexity index is 590. The van der Waals surface area contributed by atoms with Crippen LogP contribution in [-0.4, -0.2) is 61.8 Å². The van der Waals surface area contributed by atoms with Gasteiger partial charge in [0, 0.05) is 0 Å². The van der Waals surface area contributed by atoms with Crippen LogP contribution in [0.3, 0.4) is 0 Å². The SMILES string of the molecule is C=CCCCCCCCCCC[C@@H](O[Si](C)(C)C(C)(C)C)[C@H]1CC[C@@H]([C@@H]2CC[C@H]([C@@H](O)CO)O2)O1. The summed E-state index contributed by atoms with van der Waals surface area (Å²) in [7, 11) is -1.90. The van der Waals surface area contributed by atoms with Crippen molar-refractivity contribution in [3.05, 3.63) is 12.7 Å². The van der Waals surface area contributed by atoms with Crippen molar-refractivity contribution >= 4 is 8.32 Å². The molecule has 2 rings (SSSR count). The van der Waals surface area contributed by atoms with Crippen LogP contribution in [-0.2, 0) is 13.9 Å². The summed E-state index contributed by atoms with van der Waals surface area (Å²) in [5.74, 6) is 0. The van der Waals surface area contributed by atoms with E-state index in [4.69, 9.17) is 13.9 Å². The second kappa shape index (κ2) is 15.2. The standard InChI is InChI=1S/C29H56O5Si/c1-7-8-9-10-11-12-13-14-15-16-17-28(34-35(5,6)29(2,3)4)27-21-20-26(33-27)25-19-18-24(32-25)23(31)22-30/h7,23-28,30-31H,1,8-22H2,2-6H3/t23-,24+,25-,26-,27+,28+/m0/s1. The molecule has 0 aromatic rings. The minimum Gasteiger partial charge on any atom is -0.411 e. The molecule has 35 heavy (non-hydrogen) atoms. The van der Waals surface area contributed by atoms with E-state index < -0.39 is 14.4 Å². The maximum absolute atomic E-state index is 9.95. The molecule has 2 aliphatic heterocycles. The second-order valence-electron chi connectivity index (χ2n) is 12.4. The average molecular weight is 513 g/mol. The first-order valence-electron chi connectivity index (χ1n) is 14.5. The molecule has 0 aromatic carbocycles. The summed E-state index contributed by atoms with van der Waals surface area (Å²) in [5.41, 5.74) is 0. The van der Waals surface area contributed by atoms with Crippen LogP contribution in [0.15, 0.2) is 12.7 Å². The molecule has 2 aliphatic rings. The highest BCUT2D eigenvalue weighted by atomic mass is 28.4. The largest absolute Gasteiger partial charge is 0.411 e. The van der Waals surface area contributed by atoms with Gasteiger partial charge in [0.1, 0.15) is 6.10 Å². The highest BCUT2D eigenvalue weighted by molar-refractivity contribution is 6.74. The highest BCUT2D eigenvalue weighted by Gasteiger charge is 2.44. The van der Waals surface area contributed by atoms with Crippen molar-refractivity contribution < 1.29 is 24.1 Å². The van der Waals surface area contributed by atoms with Crippen molar-refractivity contribution in [2.45, 2.75) is 165 Å². The molecule has 6 atom stereocenters. The van der Waals surface area contributed by atoms with Crippen molar-refractivity contribution in [1.82, 2.24) is 0 Å². The molecule has 0 saturated carbocycles. The minimum absolute atomic E-state index is 0.0196. The van der Waals surface area contributed by atoms with E-state index in [0.717, 1.165) is 38.5 Å². The molecule has 2 heterocycles. The van der Waals surface area contributed by atoms with Gasteiger partial charge in [-0.05, 0) is 63.1 Å².